The monoisotopic (exact) mass is 306 g/mol. The van der Waals surface area contributed by atoms with Gasteiger partial charge in [-0.3, -0.25) is 9.59 Å². The van der Waals surface area contributed by atoms with Crippen molar-refractivity contribution in [1.29, 1.82) is 0 Å². The van der Waals surface area contributed by atoms with Crippen molar-refractivity contribution in [3.05, 3.63) is 21.9 Å². The second-order valence-corrected chi connectivity index (χ2v) is 7.01. The average Bonchev–Trinajstić information content (AvgIpc) is 2.96. The molecular formula is C16H22N2O2S. The zero-order chi connectivity index (χ0) is 15.0. The molecule has 0 saturated carbocycles. The molecule has 1 aromatic heterocycles. The fourth-order valence-corrected chi connectivity index (χ4v) is 4.42. The lowest BCUT2D eigenvalue weighted by molar-refractivity contribution is -0.146. The largest absolute Gasteiger partial charge is 0.346 e. The van der Waals surface area contributed by atoms with Crippen molar-refractivity contribution in [2.75, 3.05) is 20.1 Å². The molecule has 0 radical (unpaired) electrons. The normalized spacial score (nSPS) is 25.9. The van der Waals surface area contributed by atoms with E-state index in [0.717, 1.165) is 25.8 Å². The predicted molar refractivity (Wildman–Crippen MR) is 83.1 cm³/mol. The molecule has 2 atom stereocenters. The number of carbonyl (C=O) groups is 2. The summed E-state index contributed by atoms with van der Waals surface area (Å²) in [6.07, 6.45) is 3.06. The van der Waals surface area contributed by atoms with Crippen LogP contribution < -0.4 is 0 Å². The van der Waals surface area contributed by atoms with Gasteiger partial charge in [-0.15, -0.1) is 11.3 Å². The SMILES string of the molecule is CC[C@H]1c2ccsc2CCN1C(=O)[C@@H]1CCN(C)C(=O)C1. The van der Waals surface area contributed by atoms with E-state index in [0.29, 0.717) is 13.0 Å². The molecular weight excluding hydrogens is 284 g/mol. The summed E-state index contributed by atoms with van der Waals surface area (Å²) in [5.74, 6) is 0.156. The molecule has 2 amide bonds. The summed E-state index contributed by atoms with van der Waals surface area (Å²) in [5, 5.41) is 2.13. The molecule has 114 valence electrons. The maximum absolute atomic E-state index is 12.9. The van der Waals surface area contributed by atoms with Crippen molar-refractivity contribution in [1.82, 2.24) is 9.80 Å². The number of hydrogen-bond acceptors (Lipinski definition) is 3. The number of amides is 2. The third kappa shape index (κ3) is 2.59. The van der Waals surface area contributed by atoms with Gasteiger partial charge in [-0.25, -0.2) is 0 Å². The van der Waals surface area contributed by atoms with Gasteiger partial charge in [0.15, 0.2) is 0 Å². The Kier molecular flexibility index (Phi) is 4.02. The van der Waals surface area contributed by atoms with Crippen LogP contribution in [0.1, 0.15) is 42.7 Å². The summed E-state index contributed by atoms with van der Waals surface area (Å²) >= 11 is 1.80. The van der Waals surface area contributed by atoms with Crippen LogP contribution >= 0.6 is 11.3 Å². The maximum atomic E-state index is 12.9. The maximum Gasteiger partial charge on any atom is 0.226 e. The fourth-order valence-electron chi connectivity index (χ4n) is 3.49. The molecule has 2 aliphatic heterocycles. The van der Waals surface area contributed by atoms with E-state index in [4.69, 9.17) is 0 Å². The molecule has 4 nitrogen and oxygen atoms in total. The molecule has 0 N–H and O–H groups in total. The van der Waals surface area contributed by atoms with E-state index in [1.165, 1.54) is 10.4 Å². The summed E-state index contributed by atoms with van der Waals surface area (Å²) in [4.78, 5) is 29.9. The van der Waals surface area contributed by atoms with Crippen LogP contribution in [0.25, 0.3) is 0 Å². The lowest BCUT2D eigenvalue weighted by Crippen LogP contribution is -2.46. The Labute approximate surface area is 129 Å². The molecule has 1 saturated heterocycles. The Bertz CT molecular complexity index is 554. The highest BCUT2D eigenvalue weighted by atomic mass is 32.1. The minimum atomic E-state index is -0.122. The van der Waals surface area contributed by atoms with E-state index in [1.54, 1.807) is 16.2 Å². The zero-order valence-corrected chi connectivity index (χ0v) is 13.5. The summed E-state index contributed by atoms with van der Waals surface area (Å²) in [7, 11) is 1.82. The Balaban J connectivity index is 1.77. The van der Waals surface area contributed by atoms with Crippen molar-refractivity contribution >= 4 is 23.2 Å². The Hall–Kier alpha value is -1.36. The smallest absolute Gasteiger partial charge is 0.226 e. The van der Waals surface area contributed by atoms with Crippen molar-refractivity contribution < 1.29 is 9.59 Å². The number of likely N-dealkylation sites (tertiary alicyclic amines) is 1. The first-order valence-corrected chi connectivity index (χ1v) is 8.60. The lowest BCUT2D eigenvalue weighted by Gasteiger charge is -2.39. The van der Waals surface area contributed by atoms with Crippen LogP contribution in [-0.2, 0) is 16.0 Å². The van der Waals surface area contributed by atoms with Gasteiger partial charge in [-0.1, -0.05) is 6.92 Å². The minimum Gasteiger partial charge on any atom is -0.346 e. The first-order valence-electron chi connectivity index (χ1n) is 7.72. The number of nitrogens with zero attached hydrogens (tertiary/aromatic N) is 2. The lowest BCUT2D eigenvalue weighted by atomic mass is 9.91. The third-order valence-corrected chi connectivity index (χ3v) is 5.77. The number of rotatable bonds is 2. The zero-order valence-electron chi connectivity index (χ0n) is 12.7. The van der Waals surface area contributed by atoms with Gasteiger partial charge in [0.1, 0.15) is 0 Å². The third-order valence-electron chi connectivity index (χ3n) is 4.77. The molecule has 21 heavy (non-hydrogen) atoms. The Morgan fingerprint density at radius 1 is 1.43 bits per heavy atom. The molecule has 1 aromatic rings. The van der Waals surface area contributed by atoms with E-state index in [1.807, 2.05) is 11.9 Å². The van der Waals surface area contributed by atoms with Crippen LogP contribution in [0, 0.1) is 5.92 Å². The van der Waals surface area contributed by atoms with Gasteiger partial charge in [-0.05, 0) is 36.3 Å². The van der Waals surface area contributed by atoms with Crippen molar-refractivity contribution in [3.63, 3.8) is 0 Å². The molecule has 5 heteroatoms. The number of piperidine rings is 1. The van der Waals surface area contributed by atoms with E-state index in [9.17, 15) is 9.59 Å². The molecule has 0 unspecified atom stereocenters. The van der Waals surface area contributed by atoms with Crippen LogP contribution in [0.3, 0.4) is 0 Å². The van der Waals surface area contributed by atoms with Gasteiger partial charge >= 0.3 is 0 Å². The van der Waals surface area contributed by atoms with Crippen LogP contribution in [0.2, 0.25) is 0 Å². The van der Waals surface area contributed by atoms with Gasteiger partial charge < -0.3 is 9.80 Å². The van der Waals surface area contributed by atoms with Crippen molar-refractivity contribution in [3.8, 4) is 0 Å². The van der Waals surface area contributed by atoms with Crippen LogP contribution in [0.4, 0.5) is 0 Å². The second kappa shape index (κ2) is 5.79. The molecule has 1 fully saturated rings. The predicted octanol–water partition coefficient (Wildman–Crippen LogP) is 2.45. The van der Waals surface area contributed by atoms with Crippen molar-refractivity contribution in [2.24, 2.45) is 5.92 Å². The van der Waals surface area contributed by atoms with Gasteiger partial charge in [0, 0.05) is 37.4 Å². The van der Waals surface area contributed by atoms with Crippen LogP contribution in [0.15, 0.2) is 11.4 Å². The topological polar surface area (TPSA) is 40.6 Å². The highest BCUT2D eigenvalue weighted by molar-refractivity contribution is 7.10. The standard InChI is InChI=1S/C16H22N2O2S/c1-3-13-12-6-9-21-14(12)5-8-18(13)16(20)11-4-7-17(2)15(19)10-11/h6,9,11,13H,3-5,7-8,10H2,1-2H3/t11-,13+/m1/s1. The summed E-state index contributed by atoms with van der Waals surface area (Å²) < 4.78 is 0. The molecule has 3 rings (SSSR count). The first kappa shape index (κ1) is 14.6. The van der Waals surface area contributed by atoms with Crippen LogP contribution in [-0.4, -0.2) is 41.8 Å². The van der Waals surface area contributed by atoms with E-state index in [2.05, 4.69) is 18.4 Å². The van der Waals surface area contributed by atoms with Gasteiger partial charge in [0.2, 0.25) is 11.8 Å². The molecule has 0 bridgehead atoms. The summed E-state index contributed by atoms with van der Waals surface area (Å²) in [5.41, 5.74) is 1.32. The van der Waals surface area contributed by atoms with Gasteiger partial charge in [-0.2, -0.15) is 0 Å². The summed E-state index contributed by atoms with van der Waals surface area (Å²) in [6, 6.07) is 2.36. The Morgan fingerprint density at radius 2 is 2.24 bits per heavy atom. The van der Waals surface area contributed by atoms with E-state index >= 15 is 0 Å². The number of hydrogen-bond donors (Lipinski definition) is 0. The van der Waals surface area contributed by atoms with Crippen molar-refractivity contribution in [2.45, 2.75) is 38.6 Å². The first-order chi connectivity index (χ1) is 10.1. The minimum absolute atomic E-state index is 0.0980. The van der Waals surface area contributed by atoms with E-state index < -0.39 is 0 Å². The molecule has 3 heterocycles. The highest BCUT2D eigenvalue weighted by Gasteiger charge is 2.36. The fraction of sp³-hybridized carbons (Fsp3) is 0.625. The molecule has 0 spiro atoms. The molecule has 0 aromatic carbocycles. The molecule has 2 aliphatic rings. The number of carbonyl (C=O) groups excluding carboxylic acids is 2. The van der Waals surface area contributed by atoms with Crippen LogP contribution in [0.5, 0.6) is 0 Å². The van der Waals surface area contributed by atoms with Gasteiger partial charge in [0.25, 0.3) is 0 Å². The second-order valence-electron chi connectivity index (χ2n) is 6.01. The molecule has 0 aliphatic carbocycles. The van der Waals surface area contributed by atoms with E-state index in [-0.39, 0.29) is 23.8 Å². The highest BCUT2D eigenvalue weighted by Crippen LogP contribution is 2.36. The Morgan fingerprint density at radius 3 is 2.95 bits per heavy atom. The quantitative estimate of drug-likeness (QED) is 0.842. The summed E-state index contributed by atoms with van der Waals surface area (Å²) in [6.45, 7) is 3.63. The number of fused-ring (bicyclic) bond motifs is 1. The van der Waals surface area contributed by atoms with Gasteiger partial charge in [0.05, 0.1) is 6.04 Å². The average molecular weight is 306 g/mol. The number of thiophene rings is 1.